The van der Waals surface area contributed by atoms with Gasteiger partial charge in [-0.2, -0.15) is 13.2 Å². The van der Waals surface area contributed by atoms with Crippen LogP contribution in [-0.4, -0.2) is 37.4 Å². The molecule has 178 valence electrons. The zero-order chi connectivity index (χ0) is 24.0. The van der Waals surface area contributed by atoms with E-state index in [0.717, 1.165) is 6.07 Å². The van der Waals surface area contributed by atoms with Crippen LogP contribution in [0.2, 0.25) is 0 Å². The fourth-order valence-corrected chi connectivity index (χ4v) is 5.11. The molecule has 3 aliphatic rings. The van der Waals surface area contributed by atoms with Crippen LogP contribution < -0.4 is 14.7 Å². The Bertz CT molecular complexity index is 1180. The Morgan fingerprint density at radius 2 is 1.09 bits per heavy atom. The van der Waals surface area contributed by atoms with Crippen LogP contribution in [0.15, 0.2) is 36.4 Å². The lowest BCUT2D eigenvalue weighted by molar-refractivity contribution is -0.137. The minimum atomic E-state index is -4.60. The number of carbonyl (C=O) groups excluding carboxylic acids is 3. The number of halogens is 3. The van der Waals surface area contributed by atoms with E-state index in [4.69, 9.17) is 0 Å². The first-order valence-electron chi connectivity index (χ1n) is 11.5. The van der Waals surface area contributed by atoms with Crippen LogP contribution in [0.1, 0.15) is 44.1 Å². The van der Waals surface area contributed by atoms with Crippen molar-refractivity contribution < 1.29 is 27.6 Å². The second-order valence-corrected chi connectivity index (χ2v) is 8.85. The molecular formula is C25H24F3N3O3. The average molecular weight is 471 g/mol. The van der Waals surface area contributed by atoms with Crippen LogP contribution in [-0.2, 0) is 20.6 Å². The van der Waals surface area contributed by atoms with Gasteiger partial charge in [-0.1, -0.05) is 18.2 Å². The summed E-state index contributed by atoms with van der Waals surface area (Å²) < 4.78 is 41.9. The maximum atomic E-state index is 14.0. The van der Waals surface area contributed by atoms with Gasteiger partial charge in [0, 0.05) is 44.5 Å². The van der Waals surface area contributed by atoms with E-state index < -0.39 is 11.7 Å². The lowest BCUT2D eigenvalue weighted by atomic mass is 9.95. The Morgan fingerprint density at radius 1 is 0.618 bits per heavy atom. The number of carbonyl (C=O) groups is 3. The molecule has 0 bridgehead atoms. The molecule has 9 heteroatoms. The number of nitrogens with zero attached hydrogens (tertiary/aromatic N) is 3. The molecule has 3 heterocycles. The molecule has 3 fully saturated rings. The van der Waals surface area contributed by atoms with Crippen molar-refractivity contribution in [2.45, 2.75) is 44.7 Å². The number of hydrogen-bond donors (Lipinski definition) is 0. The Morgan fingerprint density at radius 3 is 1.56 bits per heavy atom. The summed E-state index contributed by atoms with van der Waals surface area (Å²) >= 11 is 0. The lowest BCUT2D eigenvalue weighted by Crippen LogP contribution is -2.31. The van der Waals surface area contributed by atoms with Gasteiger partial charge >= 0.3 is 6.18 Å². The fraction of sp³-hybridized carbons (Fsp3) is 0.400. The van der Waals surface area contributed by atoms with Gasteiger partial charge in [0.2, 0.25) is 17.7 Å². The van der Waals surface area contributed by atoms with Crippen LogP contribution in [0.5, 0.6) is 0 Å². The Kier molecular flexibility index (Phi) is 5.58. The number of benzene rings is 2. The second-order valence-electron chi connectivity index (χ2n) is 8.85. The summed E-state index contributed by atoms with van der Waals surface area (Å²) in [7, 11) is 0. The second kappa shape index (κ2) is 8.45. The zero-order valence-electron chi connectivity index (χ0n) is 18.5. The van der Waals surface area contributed by atoms with Gasteiger partial charge in [0.1, 0.15) is 0 Å². The standard InChI is InChI=1S/C25H24F3N3O3/c26-25(27,28)18-7-2-1-6-16(18)17-14-20(30-12-4-9-23(30)33)21(31-13-5-10-24(31)34)15-19(17)29-11-3-8-22(29)32/h1-2,6-7,14-15H,3-5,8-13H2. The van der Waals surface area contributed by atoms with Gasteiger partial charge in [0.25, 0.3) is 0 Å². The highest BCUT2D eigenvalue weighted by Crippen LogP contribution is 2.47. The molecule has 5 rings (SSSR count). The molecular weight excluding hydrogens is 447 g/mol. The summed E-state index contributed by atoms with van der Waals surface area (Å²) in [5, 5.41) is 0. The van der Waals surface area contributed by atoms with E-state index in [2.05, 4.69) is 0 Å². The van der Waals surface area contributed by atoms with Gasteiger partial charge in [-0.05, 0) is 43.0 Å². The maximum absolute atomic E-state index is 14.0. The highest BCUT2D eigenvalue weighted by atomic mass is 19.4. The summed E-state index contributed by atoms with van der Waals surface area (Å²) in [6.07, 6.45) is -1.70. The molecule has 0 N–H and O–H groups in total. The van der Waals surface area contributed by atoms with Gasteiger partial charge in [0.15, 0.2) is 0 Å². The smallest absolute Gasteiger partial charge is 0.312 e. The Labute approximate surface area is 194 Å². The molecule has 0 aromatic heterocycles. The largest absolute Gasteiger partial charge is 0.417 e. The number of alkyl halides is 3. The van der Waals surface area contributed by atoms with E-state index in [1.54, 1.807) is 21.9 Å². The monoisotopic (exact) mass is 471 g/mol. The molecule has 0 radical (unpaired) electrons. The minimum absolute atomic E-state index is 0.0584. The third kappa shape index (κ3) is 3.82. The van der Waals surface area contributed by atoms with Gasteiger partial charge in [-0.15, -0.1) is 0 Å². The van der Waals surface area contributed by atoms with E-state index in [1.807, 2.05) is 0 Å². The van der Waals surface area contributed by atoms with Crippen molar-refractivity contribution in [3.8, 4) is 11.1 Å². The third-order valence-electron chi connectivity index (χ3n) is 6.71. The first-order chi connectivity index (χ1) is 16.3. The fourth-order valence-electron chi connectivity index (χ4n) is 5.11. The number of anilines is 3. The van der Waals surface area contributed by atoms with Crippen LogP contribution in [0.25, 0.3) is 11.1 Å². The number of amides is 3. The van der Waals surface area contributed by atoms with Crippen molar-refractivity contribution in [1.29, 1.82) is 0 Å². The number of hydrogen-bond acceptors (Lipinski definition) is 3. The molecule has 0 saturated carbocycles. The normalized spacial score (nSPS) is 19.1. The van der Waals surface area contributed by atoms with Crippen molar-refractivity contribution in [2.24, 2.45) is 0 Å². The van der Waals surface area contributed by atoms with E-state index >= 15 is 0 Å². The molecule has 2 aromatic rings. The molecule has 34 heavy (non-hydrogen) atoms. The third-order valence-corrected chi connectivity index (χ3v) is 6.71. The molecule has 0 spiro atoms. The van der Waals surface area contributed by atoms with E-state index in [1.165, 1.54) is 23.1 Å². The number of rotatable bonds is 4. The predicted molar refractivity (Wildman–Crippen MR) is 122 cm³/mol. The molecule has 2 aromatic carbocycles. The molecule has 3 aliphatic heterocycles. The van der Waals surface area contributed by atoms with Crippen molar-refractivity contribution in [2.75, 3.05) is 34.3 Å². The predicted octanol–water partition coefficient (Wildman–Crippen LogP) is 4.75. The SMILES string of the molecule is O=C1CCCN1c1cc(N2CCCC2=O)c(N2CCCC2=O)cc1-c1ccccc1C(F)(F)F. The highest BCUT2D eigenvalue weighted by Gasteiger charge is 2.37. The van der Waals surface area contributed by atoms with Crippen molar-refractivity contribution in [3.05, 3.63) is 42.0 Å². The lowest BCUT2D eigenvalue weighted by Gasteiger charge is -2.30. The van der Waals surface area contributed by atoms with Gasteiger partial charge in [-0.3, -0.25) is 14.4 Å². The summed E-state index contributed by atoms with van der Waals surface area (Å²) in [4.78, 5) is 42.7. The summed E-state index contributed by atoms with van der Waals surface area (Å²) in [5.74, 6) is -0.405. The summed E-state index contributed by atoms with van der Waals surface area (Å²) in [6, 6.07) is 8.46. The minimum Gasteiger partial charge on any atom is -0.312 e. The summed E-state index contributed by atoms with van der Waals surface area (Å²) in [6.45, 7) is 1.27. The Balaban J connectivity index is 1.79. The Hall–Kier alpha value is -3.36. The van der Waals surface area contributed by atoms with Crippen molar-refractivity contribution in [1.82, 2.24) is 0 Å². The van der Waals surface area contributed by atoms with Crippen molar-refractivity contribution in [3.63, 3.8) is 0 Å². The van der Waals surface area contributed by atoms with Gasteiger partial charge in [-0.25, -0.2) is 0 Å². The quantitative estimate of drug-likeness (QED) is 0.647. The molecule has 0 atom stereocenters. The first-order valence-corrected chi connectivity index (χ1v) is 11.5. The van der Waals surface area contributed by atoms with Gasteiger partial charge in [0.05, 0.1) is 22.6 Å². The van der Waals surface area contributed by atoms with E-state index in [0.29, 0.717) is 75.2 Å². The molecule has 6 nitrogen and oxygen atoms in total. The van der Waals surface area contributed by atoms with E-state index in [-0.39, 0.29) is 28.8 Å². The highest BCUT2D eigenvalue weighted by molar-refractivity contribution is 6.08. The topological polar surface area (TPSA) is 60.9 Å². The molecule has 3 amide bonds. The van der Waals surface area contributed by atoms with E-state index in [9.17, 15) is 27.6 Å². The van der Waals surface area contributed by atoms with Crippen LogP contribution >= 0.6 is 0 Å². The summed E-state index contributed by atoms with van der Waals surface area (Å²) in [5.41, 5.74) is 0.585. The van der Waals surface area contributed by atoms with Crippen LogP contribution in [0.4, 0.5) is 30.2 Å². The average Bonchev–Trinajstić information content (AvgIpc) is 3.54. The molecule has 0 unspecified atom stereocenters. The molecule has 3 saturated heterocycles. The molecule has 0 aliphatic carbocycles. The zero-order valence-corrected chi connectivity index (χ0v) is 18.5. The van der Waals surface area contributed by atoms with Gasteiger partial charge < -0.3 is 14.7 Å². The maximum Gasteiger partial charge on any atom is 0.417 e. The first kappa shape index (κ1) is 22.4. The van der Waals surface area contributed by atoms with Crippen LogP contribution in [0, 0.1) is 0 Å². The van der Waals surface area contributed by atoms with Crippen molar-refractivity contribution >= 4 is 34.8 Å². The van der Waals surface area contributed by atoms with Crippen LogP contribution in [0.3, 0.4) is 0 Å².